The maximum absolute atomic E-state index is 12.5. The van der Waals surface area contributed by atoms with E-state index in [0.717, 1.165) is 6.42 Å². The minimum atomic E-state index is -1.14. The number of carbonyl (C=O) groups is 3. The Morgan fingerprint density at radius 3 is 2.68 bits per heavy atom. The lowest BCUT2D eigenvalue weighted by molar-refractivity contribution is -0.117. The molecule has 2 aromatic rings. The lowest BCUT2D eigenvalue weighted by atomic mass is 10.2. The molecule has 2 amide bonds. The molecule has 7 heteroatoms. The third kappa shape index (κ3) is 3.26. The van der Waals surface area contributed by atoms with E-state index in [-0.39, 0.29) is 23.0 Å². The fourth-order valence-electron chi connectivity index (χ4n) is 2.89. The predicted octanol–water partition coefficient (Wildman–Crippen LogP) is 2.92. The van der Waals surface area contributed by atoms with Gasteiger partial charge in [-0.3, -0.25) is 9.59 Å². The number of carboxylic acids is 1. The smallest absolute Gasteiger partial charge is 0.339 e. The van der Waals surface area contributed by atoms with Gasteiger partial charge >= 0.3 is 5.97 Å². The van der Waals surface area contributed by atoms with Crippen molar-refractivity contribution in [3.05, 3.63) is 47.4 Å². The van der Waals surface area contributed by atoms with Gasteiger partial charge in [0.15, 0.2) is 5.76 Å². The molecule has 3 rings (SSSR count). The number of anilines is 2. The molecule has 0 unspecified atom stereocenters. The van der Waals surface area contributed by atoms with Crippen molar-refractivity contribution < 1.29 is 23.9 Å². The van der Waals surface area contributed by atoms with Crippen LogP contribution < -0.4 is 10.2 Å². The van der Waals surface area contributed by atoms with Crippen LogP contribution in [-0.2, 0) is 11.2 Å². The van der Waals surface area contributed by atoms with Crippen LogP contribution in [0.1, 0.15) is 46.4 Å². The summed E-state index contributed by atoms with van der Waals surface area (Å²) in [7, 11) is 0. The Kier molecular flexibility index (Phi) is 4.56. The summed E-state index contributed by atoms with van der Waals surface area (Å²) in [5.74, 6) is -1.50. The van der Waals surface area contributed by atoms with Crippen LogP contribution in [0.25, 0.3) is 0 Å². The zero-order valence-corrected chi connectivity index (χ0v) is 13.7. The fourth-order valence-corrected chi connectivity index (χ4v) is 2.89. The van der Waals surface area contributed by atoms with Gasteiger partial charge in [0.05, 0.1) is 11.4 Å². The van der Waals surface area contributed by atoms with Gasteiger partial charge < -0.3 is 19.7 Å². The standard InChI is InChI=1S/C18H18N2O5/c1-2-14-11(18(23)24)10-15(25-14)17(22)19-12-6-3-4-7-13(12)20-9-5-8-16(20)21/h3-4,6-7,10H,2,5,8-9H2,1H3,(H,19,22)(H,23,24). The number of hydrogen-bond acceptors (Lipinski definition) is 4. The minimum absolute atomic E-state index is 0.0149. The third-order valence-electron chi connectivity index (χ3n) is 4.10. The van der Waals surface area contributed by atoms with Crippen LogP contribution in [0.5, 0.6) is 0 Å². The quantitative estimate of drug-likeness (QED) is 0.870. The van der Waals surface area contributed by atoms with Gasteiger partial charge in [0.1, 0.15) is 11.3 Å². The van der Waals surface area contributed by atoms with Gasteiger partial charge in [-0.15, -0.1) is 0 Å². The largest absolute Gasteiger partial charge is 0.478 e. The molecule has 1 aliphatic heterocycles. The summed E-state index contributed by atoms with van der Waals surface area (Å²) in [4.78, 5) is 37.3. The van der Waals surface area contributed by atoms with E-state index in [2.05, 4.69) is 5.32 Å². The Labute approximate surface area is 144 Å². The number of amides is 2. The highest BCUT2D eigenvalue weighted by Crippen LogP contribution is 2.30. The summed E-state index contributed by atoms with van der Waals surface area (Å²) in [5.41, 5.74) is 1.09. The van der Waals surface area contributed by atoms with Gasteiger partial charge in [-0.05, 0) is 18.6 Å². The summed E-state index contributed by atoms with van der Waals surface area (Å²) >= 11 is 0. The molecular formula is C18H18N2O5. The topological polar surface area (TPSA) is 99.9 Å². The molecule has 1 aromatic heterocycles. The second-order valence-corrected chi connectivity index (χ2v) is 5.73. The molecule has 25 heavy (non-hydrogen) atoms. The van der Waals surface area contributed by atoms with Crippen LogP contribution in [0.4, 0.5) is 11.4 Å². The van der Waals surface area contributed by atoms with Gasteiger partial charge in [-0.2, -0.15) is 0 Å². The van der Waals surface area contributed by atoms with Gasteiger partial charge in [-0.25, -0.2) is 4.79 Å². The first kappa shape index (κ1) is 16.8. The number of aryl methyl sites for hydroxylation is 1. The molecule has 1 aliphatic rings. The summed E-state index contributed by atoms with van der Waals surface area (Å²) in [6.07, 6.45) is 1.64. The van der Waals surface area contributed by atoms with Gasteiger partial charge in [0, 0.05) is 25.5 Å². The molecule has 0 saturated carbocycles. The Balaban J connectivity index is 1.87. The van der Waals surface area contributed by atoms with Crippen LogP contribution in [-0.4, -0.2) is 29.4 Å². The predicted molar refractivity (Wildman–Crippen MR) is 91.0 cm³/mol. The maximum atomic E-state index is 12.5. The highest BCUT2D eigenvalue weighted by molar-refractivity contribution is 6.07. The Morgan fingerprint density at radius 2 is 2.08 bits per heavy atom. The van der Waals surface area contributed by atoms with E-state index < -0.39 is 11.9 Å². The monoisotopic (exact) mass is 342 g/mol. The number of aromatic carboxylic acids is 1. The number of furan rings is 1. The Hall–Kier alpha value is -3.09. The molecular weight excluding hydrogens is 324 g/mol. The Morgan fingerprint density at radius 1 is 1.32 bits per heavy atom. The van der Waals surface area contributed by atoms with Crippen molar-refractivity contribution in [1.29, 1.82) is 0 Å². The first-order valence-electron chi connectivity index (χ1n) is 8.08. The molecule has 130 valence electrons. The molecule has 7 nitrogen and oxygen atoms in total. The molecule has 0 radical (unpaired) electrons. The number of benzene rings is 1. The van der Waals surface area contributed by atoms with E-state index >= 15 is 0 Å². The summed E-state index contributed by atoms with van der Waals surface area (Å²) in [6.45, 7) is 2.36. The molecule has 1 fully saturated rings. The minimum Gasteiger partial charge on any atom is -0.478 e. The van der Waals surface area contributed by atoms with E-state index in [1.807, 2.05) is 0 Å². The van der Waals surface area contributed by atoms with Crippen molar-refractivity contribution in [2.24, 2.45) is 0 Å². The highest BCUT2D eigenvalue weighted by atomic mass is 16.4. The normalized spacial score (nSPS) is 14.0. The second-order valence-electron chi connectivity index (χ2n) is 5.73. The highest BCUT2D eigenvalue weighted by Gasteiger charge is 2.25. The number of para-hydroxylation sites is 2. The maximum Gasteiger partial charge on any atom is 0.339 e. The van der Waals surface area contributed by atoms with E-state index in [4.69, 9.17) is 9.52 Å². The number of nitrogens with one attached hydrogen (secondary N) is 1. The van der Waals surface area contributed by atoms with Crippen molar-refractivity contribution in [2.45, 2.75) is 26.2 Å². The van der Waals surface area contributed by atoms with Gasteiger partial charge in [0.2, 0.25) is 5.91 Å². The van der Waals surface area contributed by atoms with E-state index in [1.165, 1.54) is 6.07 Å². The molecule has 2 N–H and O–H groups in total. The molecule has 0 aliphatic carbocycles. The molecule has 0 spiro atoms. The van der Waals surface area contributed by atoms with Crippen molar-refractivity contribution in [3.63, 3.8) is 0 Å². The van der Waals surface area contributed by atoms with Crippen LogP contribution in [0.2, 0.25) is 0 Å². The lowest BCUT2D eigenvalue weighted by Crippen LogP contribution is -2.25. The number of rotatable bonds is 5. The number of carbonyl (C=O) groups excluding carboxylic acids is 2. The lowest BCUT2D eigenvalue weighted by Gasteiger charge is -2.19. The summed E-state index contributed by atoms with van der Waals surface area (Å²) < 4.78 is 5.37. The van der Waals surface area contributed by atoms with Crippen LogP contribution in [0, 0.1) is 0 Å². The third-order valence-corrected chi connectivity index (χ3v) is 4.10. The van der Waals surface area contributed by atoms with E-state index in [9.17, 15) is 14.4 Å². The second kappa shape index (κ2) is 6.80. The van der Waals surface area contributed by atoms with Crippen LogP contribution in [0.15, 0.2) is 34.7 Å². The average Bonchev–Trinajstić information content (AvgIpc) is 3.21. The number of nitrogens with zero attached hydrogens (tertiary/aromatic N) is 1. The number of hydrogen-bond donors (Lipinski definition) is 2. The first-order valence-corrected chi connectivity index (χ1v) is 8.08. The van der Waals surface area contributed by atoms with E-state index in [1.54, 1.807) is 36.1 Å². The fraction of sp³-hybridized carbons (Fsp3) is 0.278. The van der Waals surface area contributed by atoms with E-state index in [0.29, 0.717) is 30.8 Å². The number of carboxylic acid groups (broad SMARTS) is 1. The summed E-state index contributed by atoms with van der Waals surface area (Å²) in [5, 5.41) is 11.9. The molecule has 1 aromatic carbocycles. The molecule has 2 heterocycles. The van der Waals surface area contributed by atoms with Crippen molar-refractivity contribution in [3.8, 4) is 0 Å². The van der Waals surface area contributed by atoms with Gasteiger partial charge in [-0.1, -0.05) is 19.1 Å². The van der Waals surface area contributed by atoms with Gasteiger partial charge in [0.25, 0.3) is 5.91 Å². The van der Waals surface area contributed by atoms with Crippen molar-refractivity contribution in [1.82, 2.24) is 0 Å². The molecule has 0 atom stereocenters. The zero-order chi connectivity index (χ0) is 18.0. The molecule has 1 saturated heterocycles. The summed E-state index contributed by atoms with van der Waals surface area (Å²) in [6, 6.07) is 8.23. The zero-order valence-electron chi connectivity index (χ0n) is 13.7. The Bertz CT molecular complexity index is 840. The first-order chi connectivity index (χ1) is 12.0. The van der Waals surface area contributed by atoms with Crippen LogP contribution >= 0.6 is 0 Å². The van der Waals surface area contributed by atoms with Crippen molar-refractivity contribution >= 4 is 29.2 Å². The SMILES string of the molecule is CCc1oc(C(=O)Nc2ccccc2N2CCCC2=O)cc1C(=O)O. The van der Waals surface area contributed by atoms with Crippen LogP contribution in [0.3, 0.4) is 0 Å². The molecule has 0 bridgehead atoms. The average molecular weight is 342 g/mol. The van der Waals surface area contributed by atoms with Crippen molar-refractivity contribution in [2.75, 3.05) is 16.8 Å².